The lowest BCUT2D eigenvalue weighted by Crippen LogP contribution is -1.96. The molecule has 0 radical (unpaired) electrons. The predicted octanol–water partition coefficient (Wildman–Crippen LogP) is 4.57. The van der Waals surface area contributed by atoms with Crippen molar-refractivity contribution < 1.29 is 0 Å². The zero-order valence-corrected chi connectivity index (χ0v) is 12.3. The van der Waals surface area contributed by atoms with Gasteiger partial charge < -0.3 is 5.32 Å². The number of pyridine rings is 1. The zero-order valence-electron chi connectivity index (χ0n) is 11.5. The number of nitriles is 1. The van der Waals surface area contributed by atoms with Gasteiger partial charge in [0.05, 0.1) is 11.3 Å². The van der Waals surface area contributed by atoms with Gasteiger partial charge in [0.2, 0.25) is 0 Å². The molecule has 1 heterocycles. The highest BCUT2D eigenvalue weighted by atomic mass is 32.2. The maximum Gasteiger partial charge on any atom is 0.103 e. The second-order valence-corrected chi connectivity index (χ2v) is 5.37. The highest BCUT2D eigenvalue weighted by Gasteiger charge is 2.08. The predicted molar refractivity (Wildman–Crippen MR) is 88.0 cm³/mol. The molecule has 0 fully saturated rings. The minimum Gasteiger partial charge on any atom is -0.354 e. The first kappa shape index (κ1) is 13.5. The quantitative estimate of drug-likeness (QED) is 0.718. The van der Waals surface area contributed by atoms with Gasteiger partial charge in [0.25, 0.3) is 0 Å². The first-order chi connectivity index (χ1) is 10.3. The molecule has 0 unspecified atom stereocenters. The lowest BCUT2D eigenvalue weighted by atomic mass is 10.1. The molecule has 0 saturated carbocycles. The third-order valence-electron chi connectivity index (χ3n) is 3.31. The Morgan fingerprint density at radius 3 is 2.71 bits per heavy atom. The molecule has 0 aliphatic carbocycles. The van der Waals surface area contributed by atoms with Crippen molar-refractivity contribution in [2.24, 2.45) is 0 Å². The summed E-state index contributed by atoms with van der Waals surface area (Å²) in [4.78, 5) is 5.11. The van der Waals surface area contributed by atoms with Gasteiger partial charge in [0.15, 0.2) is 0 Å². The van der Waals surface area contributed by atoms with E-state index in [9.17, 15) is 5.26 Å². The molecule has 21 heavy (non-hydrogen) atoms. The molecular weight excluding hydrogens is 278 g/mol. The average molecular weight is 291 g/mol. The summed E-state index contributed by atoms with van der Waals surface area (Å²) in [5, 5.41) is 14.9. The summed E-state index contributed by atoms with van der Waals surface area (Å²) in [6.07, 6.45) is 5.59. The number of hydrogen-bond acceptors (Lipinski definition) is 4. The zero-order chi connectivity index (χ0) is 14.7. The number of nitrogens with one attached hydrogen (secondary N) is 1. The SMILES string of the molecule is CSc1cccc(Nc2cccc3cnccc23)c1C#N. The van der Waals surface area contributed by atoms with E-state index >= 15 is 0 Å². The number of nitrogens with zero attached hydrogens (tertiary/aromatic N) is 2. The molecule has 1 N–H and O–H groups in total. The Labute approximate surface area is 127 Å². The Morgan fingerprint density at radius 2 is 1.90 bits per heavy atom. The molecule has 0 atom stereocenters. The van der Waals surface area contributed by atoms with E-state index in [-0.39, 0.29) is 0 Å². The molecule has 0 amide bonds. The number of benzene rings is 2. The van der Waals surface area contributed by atoms with Crippen LogP contribution < -0.4 is 5.32 Å². The lowest BCUT2D eigenvalue weighted by molar-refractivity contribution is 1.35. The van der Waals surface area contributed by atoms with Crippen LogP contribution in [0.2, 0.25) is 0 Å². The van der Waals surface area contributed by atoms with Gasteiger partial charge in [0, 0.05) is 33.7 Å². The van der Waals surface area contributed by atoms with E-state index in [2.05, 4.69) is 16.4 Å². The number of aromatic nitrogens is 1. The van der Waals surface area contributed by atoms with Gasteiger partial charge in [-0.05, 0) is 30.5 Å². The molecule has 0 aliphatic heterocycles. The van der Waals surface area contributed by atoms with E-state index in [1.54, 1.807) is 18.0 Å². The third kappa shape index (κ3) is 2.56. The Balaban J connectivity index is 2.10. The second-order valence-electron chi connectivity index (χ2n) is 4.52. The minimum absolute atomic E-state index is 0.677. The highest BCUT2D eigenvalue weighted by molar-refractivity contribution is 7.98. The molecule has 1 aromatic heterocycles. The maximum absolute atomic E-state index is 9.41. The summed E-state index contributed by atoms with van der Waals surface area (Å²) >= 11 is 1.58. The van der Waals surface area contributed by atoms with E-state index < -0.39 is 0 Å². The van der Waals surface area contributed by atoms with Gasteiger partial charge in [-0.2, -0.15) is 5.26 Å². The Bertz CT molecular complexity index is 832. The van der Waals surface area contributed by atoms with Crippen LogP contribution in [0.15, 0.2) is 59.8 Å². The molecule has 3 aromatic rings. The largest absolute Gasteiger partial charge is 0.354 e. The van der Waals surface area contributed by atoms with Gasteiger partial charge in [-0.15, -0.1) is 11.8 Å². The van der Waals surface area contributed by atoms with Gasteiger partial charge in [-0.3, -0.25) is 4.98 Å². The number of fused-ring (bicyclic) bond motifs is 1. The van der Waals surface area contributed by atoms with Crippen molar-refractivity contribution >= 4 is 33.9 Å². The standard InChI is InChI=1S/C17H13N3S/c1-21-17-7-3-6-16(14(17)10-18)20-15-5-2-4-12-11-19-9-8-13(12)15/h2-9,11,20H,1H3. The molecule has 2 aromatic carbocycles. The van der Waals surface area contributed by atoms with Crippen molar-refractivity contribution in [1.82, 2.24) is 4.98 Å². The van der Waals surface area contributed by atoms with E-state index in [0.717, 1.165) is 27.0 Å². The van der Waals surface area contributed by atoms with Gasteiger partial charge >= 0.3 is 0 Å². The summed E-state index contributed by atoms with van der Waals surface area (Å²) in [7, 11) is 0. The summed E-state index contributed by atoms with van der Waals surface area (Å²) in [5.41, 5.74) is 2.48. The van der Waals surface area contributed by atoms with Crippen LogP contribution in [0, 0.1) is 11.3 Å². The van der Waals surface area contributed by atoms with Gasteiger partial charge in [-0.25, -0.2) is 0 Å². The van der Waals surface area contributed by atoms with Crippen LogP contribution >= 0.6 is 11.8 Å². The molecule has 0 saturated heterocycles. The van der Waals surface area contributed by atoms with Crippen LogP contribution in [-0.4, -0.2) is 11.2 Å². The average Bonchev–Trinajstić information content (AvgIpc) is 2.55. The molecule has 102 valence electrons. The number of hydrogen-bond donors (Lipinski definition) is 1. The third-order valence-corrected chi connectivity index (χ3v) is 4.09. The molecule has 0 bridgehead atoms. The smallest absolute Gasteiger partial charge is 0.103 e. The summed E-state index contributed by atoms with van der Waals surface area (Å²) in [6, 6.07) is 16.1. The molecule has 4 heteroatoms. The van der Waals surface area contributed by atoms with E-state index in [1.807, 2.05) is 54.9 Å². The van der Waals surface area contributed by atoms with E-state index in [1.165, 1.54) is 0 Å². The summed E-state index contributed by atoms with van der Waals surface area (Å²) in [5.74, 6) is 0. The van der Waals surface area contributed by atoms with Crippen molar-refractivity contribution in [2.75, 3.05) is 11.6 Å². The van der Waals surface area contributed by atoms with Gasteiger partial charge in [0.1, 0.15) is 6.07 Å². The monoisotopic (exact) mass is 291 g/mol. The van der Waals surface area contributed by atoms with Crippen molar-refractivity contribution in [3.05, 3.63) is 60.4 Å². The summed E-state index contributed by atoms with van der Waals surface area (Å²) in [6.45, 7) is 0. The van der Waals surface area contributed by atoms with Crippen molar-refractivity contribution in [3.8, 4) is 6.07 Å². The minimum atomic E-state index is 0.677. The maximum atomic E-state index is 9.41. The Kier molecular flexibility index (Phi) is 3.76. The fourth-order valence-corrected chi connectivity index (χ4v) is 2.87. The van der Waals surface area contributed by atoms with E-state index in [4.69, 9.17) is 0 Å². The Hall–Kier alpha value is -2.51. The topological polar surface area (TPSA) is 48.7 Å². The van der Waals surface area contributed by atoms with Crippen molar-refractivity contribution in [2.45, 2.75) is 4.90 Å². The van der Waals surface area contributed by atoms with Crippen molar-refractivity contribution in [3.63, 3.8) is 0 Å². The van der Waals surface area contributed by atoms with Crippen LogP contribution in [-0.2, 0) is 0 Å². The molecule has 0 aliphatic rings. The second kappa shape index (κ2) is 5.86. The molecule has 3 rings (SSSR count). The van der Waals surface area contributed by atoms with Crippen LogP contribution in [0.1, 0.15) is 5.56 Å². The highest BCUT2D eigenvalue weighted by Crippen LogP contribution is 2.31. The van der Waals surface area contributed by atoms with Gasteiger partial charge in [-0.1, -0.05) is 18.2 Å². The molecule has 3 nitrogen and oxygen atoms in total. The molecular formula is C17H13N3S. The lowest BCUT2D eigenvalue weighted by Gasteiger charge is -2.12. The van der Waals surface area contributed by atoms with E-state index in [0.29, 0.717) is 5.56 Å². The van der Waals surface area contributed by atoms with Crippen LogP contribution in [0.5, 0.6) is 0 Å². The fourth-order valence-electron chi connectivity index (χ4n) is 2.30. The first-order valence-corrected chi connectivity index (χ1v) is 7.73. The van der Waals surface area contributed by atoms with Crippen LogP contribution in [0.25, 0.3) is 10.8 Å². The van der Waals surface area contributed by atoms with Crippen molar-refractivity contribution in [1.29, 1.82) is 5.26 Å². The normalized spacial score (nSPS) is 10.3. The number of rotatable bonds is 3. The van der Waals surface area contributed by atoms with Crippen LogP contribution in [0.3, 0.4) is 0 Å². The number of anilines is 2. The Morgan fingerprint density at radius 1 is 1.10 bits per heavy atom. The first-order valence-electron chi connectivity index (χ1n) is 6.50. The number of thioether (sulfide) groups is 1. The molecule has 0 spiro atoms. The van der Waals surface area contributed by atoms with Crippen LogP contribution in [0.4, 0.5) is 11.4 Å². The fraction of sp³-hybridized carbons (Fsp3) is 0.0588. The summed E-state index contributed by atoms with van der Waals surface area (Å²) < 4.78 is 0.